The van der Waals surface area contributed by atoms with Gasteiger partial charge >= 0.3 is 11.9 Å². The van der Waals surface area contributed by atoms with Crippen LogP contribution >= 0.6 is 0 Å². The number of hydrogen-bond acceptors (Lipinski definition) is 3. The topological polar surface area (TPSA) is 63.6 Å². The first-order chi connectivity index (χ1) is 9.43. The molecule has 0 aliphatic carbocycles. The van der Waals surface area contributed by atoms with E-state index in [2.05, 4.69) is 12.1 Å². The predicted octanol–water partition coefficient (Wildman–Crippen LogP) is 2.97. The molecule has 0 heterocycles. The molecule has 0 fully saturated rings. The van der Waals surface area contributed by atoms with Crippen LogP contribution in [0, 0.1) is 12.8 Å². The number of carbonyl (C=O) groups is 2. The molecule has 110 valence electrons. The van der Waals surface area contributed by atoms with Gasteiger partial charge in [-0.1, -0.05) is 36.8 Å². The Morgan fingerprint density at radius 1 is 1.25 bits per heavy atom. The summed E-state index contributed by atoms with van der Waals surface area (Å²) >= 11 is 0. The van der Waals surface area contributed by atoms with E-state index in [0.29, 0.717) is 6.42 Å². The quantitative estimate of drug-likeness (QED) is 0.615. The van der Waals surface area contributed by atoms with Gasteiger partial charge in [0.25, 0.3) is 0 Å². The first kappa shape index (κ1) is 16.2. The molecule has 0 amide bonds. The summed E-state index contributed by atoms with van der Waals surface area (Å²) in [6.07, 6.45) is 1.46. The Morgan fingerprint density at radius 3 is 2.35 bits per heavy atom. The minimum absolute atomic E-state index is 0.249. The number of carboxylic acids is 1. The van der Waals surface area contributed by atoms with E-state index >= 15 is 0 Å². The van der Waals surface area contributed by atoms with Gasteiger partial charge in [-0.15, -0.1) is 0 Å². The Hall–Kier alpha value is -1.84. The summed E-state index contributed by atoms with van der Waals surface area (Å²) < 4.78 is 5.19. The van der Waals surface area contributed by atoms with Crippen LogP contribution in [0.3, 0.4) is 0 Å². The van der Waals surface area contributed by atoms with E-state index < -0.39 is 17.9 Å². The van der Waals surface area contributed by atoms with Crippen LogP contribution in [0.2, 0.25) is 0 Å². The van der Waals surface area contributed by atoms with Crippen LogP contribution in [-0.2, 0) is 20.7 Å². The second-order valence-corrected chi connectivity index (χ2v) is 5.07. The largest absolute Gasteiger partial charge is 0.481 e. The molecule has 2 atom stereocenters. The van der Waals surface area contributed by atoms with E-state index in [1.165, 1.54) is 11.1 Å². The normalized spacial score (nSPS) is 13.6. The van der Waals surface area contributed by atoms with Crippen LogP contribution < -0.4 is 0 Å². The number of rotatable bonds is 7. The molecule has 0 saturated carbocycles. The van der Waals surface area contributed by atoms with Crippen molar-refractivity contribution in [1.29, 1.82) is 0 Å². The van der Waals surface area contributed by atoms with E-state index in [1.807, 2.05) is 19.1 Å². The molecule has 4 heteroatoms. The summed E-state index contributed by atoms with van der Waals surface area (Å²) in [5.74, 6) is -2.82. The third-order valence-corrected chi connectivity index (χ3v) is 3.27. The number of carboxylic acid groups (broad SMARTS) is 1. The molecule has 1 N–H and O–H groups in total. The highest BCUT2D eigenvalue weighted by molar-refractivity contribution is 5.93. The fourth-order valence-corrected chi connectivity index (χ4v) is 1.91. The zero-order valence-corrected chi connectivity index (χ0v) is 12.3. The maximum Gasteiger partial charge on any atom is 0.320 e. The van der Waals surface area contributed by atoms with Gasteiger partial charge in [0.15, 0.2) is 5.92 Å². The Balaban J connectivity index is 2.43. The Kier molecular flexibility index (Phi) is 6.22. The van der Waals surface area contributed by atoms with E-state index in [1.54, 1.807) is 13.8 Å². The van der Waals surface area contributed by atoms with Gasteiger partial charge in [0.2, 0.25) is 0 Å². The molecular formula is C16H22O4. The molecule has 0 bridgehead atoms. The van der Waals surface area contributed by atoms with Crippen molar-refractivity contribution in [2.75, 3.05) is 0 Å². The summed E-state index contributed by atoms with van der Waals surface area (Å²) in [7, 11) is 0. The number of aryl methyl sites for hydroxylation is 2. The molecule has 1 aromatic carbocycles. The lowest BCUT2D eigenvalue weighted by Crippen LogP contribution is -2.28. The van der Waals surface area contributed by atoms with Gasteiger partial charge in [-0.2, -0.15) is 0 Å². The SMILES string of the molecule is CCC(C(=O)O)C(=O)OC(C)CCc1ccc(C)cc1. The fraction of sp³-hybridized carbons (Fsp3) is 0.500. The molecule has 1 aromatic rings. The van der Waals surface area contributed by atoms with E-state index in [-0.39, 0.29) is 12.5 Å². The second kappa shape index (κ2) is 7.68. The highest BCUT2D eigenvalue weighted by Crippen LogP contribution is 2.12. The van der Waals surface area contributed by atoms with Crippen LogP contribution in [-0.4, -0.2) is 23.1 Å². The average molecular weight is 278 g/mol. The van der Waals surface area contributed by atoms with E-state index in [9.17, 15) is 9.59 Å². The van der Waals surface area contributed by atoms with Gasteiger partial charge < -0.3 is 9.84 Å². The summed E-state index contributed by atoms with van der Waals surface area (Å²) in [5, 5.41) is 8.89. The molecule has 0 aliphatic rings. The number of carbonyl (C=O) groups excluding carboxylic acids is 1. The zero-order valence-electron chi connectivity index (χ0n) is 12.3. The monoisotopic (exact) mass is 278 g/mol. The Morgan fingerprint density at radius 2 is 1.85 bits per heavy atom. The molecular weight excluding hydrogens is 256 g/mol. The van der Waals surface area contributed by atoms with Gasteiger partial charge in [0.1, 0.15) is 0 Å². The maximum atomic E-state index is 11.7. The van der Waals surface area contributed by atoms with Crippen molar-refractivity contribution in [3.05, 3.63) is 35.4 Å². The van der Waals surface area contributed by atoms with Crippen LogP contribution in [0.1, 0.15) is 37.8 Å². The Bertz CT molecular complexity index is 450. The molecule has 0 spiro atoms. The summed E-state index contributed by atoms with van der Waals surface area (Å²) in [6, 6.07) is 8.19. The van der Waals surface area contributed by atoms with Crippen LogP contribution in [0.15, 0.2) is 24.3 Å². The summed E-state index contributed by atoms with van der Waals surface area (Å²) in [6.45, 7) is 5.49. The third-order valence-electron chi connectivity index (χ3n) is 3.27. The van der Waals surface area contributed by atoms with Crippen LogP contribution in [0.4, 0.5) is 0 Å². The predicted molar refractivity (Wildman–Crippen MR) is 76.5 cm³/mol. The molecule has 4 nitrogen and oxygen atoms in total. The van der Waals surface area contributed by atoms with Crippen molar-refractivity contribution in [2.45, 2.75) is 46.1 Å². The van der Waals surface area contributed by atoms with Crippen LogP contribution in [0.5, 0.6) is 0 Å². The summed E-state index contributed by atoms with van der Waals surface area (Å²) in [4.78, 5) is 22.5. The van der Waals surface area contributed by atoms with E-state index in [4.69, 9.17) is 9.84 Å². The molecule has 0 saturated heterocycles. The average Bonchev–Trinajstić information content (AvgIpc) is 2.38. The summed E-state index contributed by atoms with van der Waals surface area (Å²) in [5.41, 5.74) is 2.39. The van der Waals surface area contributed by atoms with Gasteiger partial charge in [-0.25, -0.2) is 0 Å². The maximum absolute atomic E-state index is 11.7. The number of esters is 1. The molecule has 0 aliphatic heterocycles. The van der Waals surface area contributed by atoms with Crippen molar-refractivity contribution < 1.29 is 19.4 Å². The molecule has 0 radical (unpaired) electrons. The second-order valence-electron chi connectivity index (χ2n) is 5.07. The Labute approximate surface area is 119 Å². The first-order valence-corrected chi connectivity index (χ1v) is 6.92. The lowest BCUT2D eigenvalue weighted by Gasteiger charge is -2.16. The number of benzene rings is 1. The third kappa shape index (κ3) is 5.03. The standard InChI is InChI=1S/C16H22O4/c1-4-14(15(17)18)16(19)20-12(3)7-10-13-8-5-11(2)6-9-13/h5-6,8-9,12,14H,4,7,10H2,1-3H3,(H,17,18). The number of aliphatic carboxylic acids is 1. The van der Waals surface area contributed by atoms with Crippen LogP contribution in [0.25, 0.3) is 0 Å². The lowest BCUT2D eigenvalue weighted by molar-refractivity contribution is -0.162. The van der Waals surface area contributed by atoms with Gasteiger partial charge in [0, 0.05) is 0 Å². The van der Waals surface area contributed by atoms with Crippen molar-refractivity contribution in [3.8, 4) is 0 Å². The molecule has 2 unspecified atom stereocenters. The minimum Gasteiger partial charge on any atom is -0.481 e. The zero-order chi connectivity index (χ0) is 15.1. The number of hydrogen-bond donors (Lipinski definition) is 1. The molecule has 1 rings (SSSR count). The van der Waals surface area contributed by atoms with Crippen molar-refractivity contribution in [3.63, 3.8) is 0 Å². The molecule has 20 heavy (non-hydrogen) atoms. The van der Waals surface area contributed by atoms with E-state index in [0.717, 1.165) is 6.42 Å². The van der Waals surface area contributed by atoms with Gasteiger partial charge in [-0.05, 0) is 38.7 Å². The van der Waals surface area contributed by atoms with Crippen molar-refractivity contribution in [1.82, 2.24) is 0 Å². The molecule has 0 aromatic heterocycles. The van der Waals surface area contributed by atoms with Crippen molar-refractivity contribution >= 4 is 11.9 Å². The highest BCUT2D eigenvalue weighted by atomic mass is 16.5. The smallest absolute Gasteiger partial charge is 0.320 e. The lowest BCUT2D eigenvalue weighted by atomic mass is 10.1. The number of ether oxygens (including phenoxy) is 1. The van der Waals surface area contributed by atoms with Gasteiger partial charge in [0.05, 0.1) is 6.10 Å². The highest BCUT2D eigenvalue weighted by Gasteiger charge is 2.26. The van der Waals surface area contributed by atoms with Gasteiger partial charge in [-0.3, -0.25) is 9.59 Å². The minimum atomic E-state index is -1.12. The fourth-order valence-electron chi connectivity index (χ4n) is 1.91. The first-order valence-electron chi connectivity index (χ1n) is 6.92. The van der Waals surface area contributed by atoms with Crippen molar-refractivity contribution in [2.24, 2.45) is 5.92 Å².